The Kier molecular flexibility index (Phi) is 7.30. The van der Waals surface area contributed by atoms with Gasteiger partial charge in [0, 0.05) is 13.1 Å². The van der Waals surface area contributed by atoms with Crippen LogP contribution < -0.4 is 14.8 Å². The summed E-state index contributed by atoms with van der Waals surface area (Å²) in [5.74, 6) is 1.65. The summed E-state index contributed by atoms with van der Waals surface area (Å²) < 4.78 is 11.4. The molecule has 0 bridgehead atoms. The minimum Gasteiger partial charge on any atom is -0.490 e. The predicted octanol–water partition coefficient (Wildman–Crippen LogP) is 2.14. The van der Waals surface area contributed by atoms with Gasteiger partial charge in [0.25, 0.3) is 0 Å². The Morgan fingerprint density at radius 1 is 1.11 bits per heavy atom. The normalized spacial score (nSPS) is 10.8. The Morgan fingerprint density at radius 2 is 1.89 bits per heavy atom. The van der Waals surface area contributed by atoms with Gasteiger partial charge in [0.05, 0.1) is 6.61 Å². The molecule has 0 aliphatic carbocycles. The van der Waals surface area contributed by atoms with Gasteiger partial charge in [-0.1, -0.05) is 13.0 Å². The molecule has 108 valence electrons. The zero-order valence-electron chi connectivity index (χ0n) is 12.5. The fourth-order valence-corrected chi connectivity index (χ4v) is 1.66. The number of nitrogens with one attached hydrogen (secondary N) is 1. The highest BCUT2D eigenvalue weighted by Crippen LogP contribution is 2.28. The number of likely N-dealkylation sites (N-methyl/N-ethyl adjacent to an activating group) is 1. The van der Waals surface area contributed by atoms with Gasteiger partial charge in [0.15, 0.2) is 11.5 Å². The Hall–Kier alpha value is -1.26. The quantitative estimate of drug-likeness (QED) is 0.742. The molecule has 0 unspecified atom stereocenters. The molecular weight excluding hydrogens is 240 g/mol. The Bertz CT molecular complexity index is 367. The summed E-state index contributed by atoms with van der Waals surface area (Å²) in [5, 5.41) is 3.31. The van der Waals surface area contributed by atoms with Crippen LogP contribution in [0.25, 0.3) is 0 Å². The number of nitrogens with zero attached hydrogens (tertiary/aromatic N) is 1. The molecule has 0 saturated heterocycles. The standard InChI is InChI=1S/C15H26N2O2/c1-5-16-12-13-7-8-14(15(11-13)18-6-2)19-10-9-17(3)4/h7-8,11,16H,5-6,9-10,12H2,1-4H3. The Balaban J connectivity index is 2.67. The molecule has 0 fully saturated rings. The van der Waals surface area contributed by atoms with Crippen LogP contribution in [0.15, 0.2) is 18.2 Å². The van der Waals surface area contributed by atoms with Crippen LogP contribution in [0, 0.1) is 0 Å². The van der Waals surface area contributed by atoms with E-state index in [9.17, 15) is 0 Å². The van der Waals surface area contributed by atoms with Crippen LogP contribution in [0.2, 0.25) is 0 Å². The van der Waals surface area contributed by atoms with Crippen molar-refractivity contribution >= 4 is 0 Å². The van der Waals surface area contributed by atoms with Gasteiger partial charge in [-0.25, -0.2) is 0 Å². The lowest BCUT2D eigenvalue weighted by molar-refractivity contribution is 0.244. The summed E-state index contributed by atoms with van der Waals surface area (Å²) >= 11 is 0. The third-order valence-corrected chi connectivity index (χ3v) is 2.68. The highest BCUT2D eigenvalue weighted by molar-refractivity contribution is 5.43. The first-order valence-corrected chi connectivity index (χ1v) is 6.91. The van der Waals surface area contributed by atoms with Crippen LogP contribution in [0.1, 0.15) is 19.4 Å². The minimum absolute atomic E-state index is 0.648. The van der Waals surface area contributed by atoms with Gasteiger partial charge in [0.2, 0.25) is 0 Å². The van der Waals surface area contributed by atoms with Crippen molar-refractivity contribution in [3.05, 3.63) is 23.8 Å². The molecule has 1 aromatic rings. The Labute approximate surface area is 116 Å². The van der Waals surface area contributed by atoms with Gasteiger partial charge >= 0.3 is 0 Å². The van der Waals surface area contributed by atoms with E-state index < -0.39 is 0 Å². The fourth-order valence-electron chi connectivity index (χ4n) is 1.66. The predicted molar refractivity (Wildman–Crippen MR) is 79.0 cm³/mol. The van der Waals surface area contributed by atoms with E-state index >= 15 is 0 Å². The molecule has 0 atom stereocenters. The van der Waals surface area contributed by atoms with Crippen molar-refractivity contribution in [2.24, 2.45) is 0 Å². The molecule has 0 spiro atoms. The van der Waals surface area contributed by atoms with Crippen LogP contribution in [0.5, 0.6) is 11.5 Å². The molecule has 4 nitrogen and oxygen atoms in total. The smallest absolute Gasteiger partial charge is 0.161 e. The van der Waals surface area contributed by atoms with Crippen molar-refractivity contribution in [2.45, 2.75) is 20.4 Å². The third kappa shape index (κ3) is 5.94. The molecular formula is C15H26N2O2. The lowest BCUT2D eigenvalue weighted by Gasteiger charge is -2.15. The average Bonchev–Trinajstić information content (AvgIpc) is 2.38. The second kappa shape index (κ2) is 8.77. The molecule has 0 aliphatic heterocycles. The monoisotopic (exact) mass is 266 g/mol. The molecule has 0 saturated carbocycles. The van der Waals surface area contributed by atoms with Crippen molar-refractivity contribution in [1.82, 2.24) is 10.2 Å². The molecule has 0 aliphatic rings. The van der Waals surface area contributed by atoms with Gasteiger partial charge < -0.3 is 19.7 Å². The number of benzene rings is 1. The molecule has 1 N–H and O–H groups in total. The first kappa shape index (κ1) is 15.8. The van der Waals surface area contributed by atoms with Crippen LogP contribution in [-0.2, 0) is 6.54 Å². The summed E-state index contributed by atoms with van der Waals surface area (Å²) in [5.41, 5.74) is 1.21. The maximum absolute atomic E-state index is 5.77. The van der Waals surface area contributed by atoms with E-state index in [1.54, 1.807) is 0 Å². The van der Waals surface area contributed by atoms with Crippen molar-refractivity contribution in [3.63, 3.8) is 0 Å². The summed E-state index contributed by atoms with van der Waals surface area (Å²) in [4.78, 5) is 2.10. The molecule has 0 radical (unpaired) electrons. The van der Waals surface area contributed by atoms with E-state index in [2.05, 4.69) is 29.3 Å². The lowest BCUT2D eigenvalue weighted by Crippen LogP contribution is -2.19. The van der Waals surface area contributed by atoms with Gasteiger partial charge in [-0.3, -0.25) is 0 Å². The van der Waals surface area contributed by atoms with Crippen LogP contribution in [0.4, 0.5) is 0 Å². The molecule has 1 rings (SSSR count). The number of hydrogen-bond donors (Lipinski definition) is 1. The van der Waals surface area contributed by atoms with Crippen molar-refractivity contribution in [1.29, 1.82) is 0 Å². The van der Waals surface area contributed by atoms with E-state index in [4.69, 9.17) is 9.47 Å². The van der Waals surface area contributed by atoms with Gasteiger partial charge in [0.1, 0.15) is 6.61 Å². The maximum Gasteiger partial charge on any atom is 0.161 e. The lowest BCUT2D eigenvalue weighted by atomic mass is 10.2. The van der Waals surface area contributed by atoms with E-state index in [1.165, 1.54) is 5.56 Å². The first-order chi connectivity index (χ1) is 9.17. The summed E-state index contributed by atoms with van der Waals surface area (Å²) in [7, 11) is 4.07. The highest BCUT2D eigenvalue weighted by Gasteiger charge is 2.06. The number of hydrogen-bond acceptors (Lipinski definition) is 4. The maximum atomic E-state index is 5.77. The Morgan fingerprint density at radius 3 is 2.53 bits per heavy atom. The van der Waals surface area contributed by atoms with E-state index in [1.807, 2.05) is 27.1 Å². The molecule has 0 heterocycles. The van der Waals surface area contributed by atoms with Gasteiger partial charge in [-0.2, -0.15) is 0 Å². The molecule has 0 aromatic heterocycles. The van der Waals surface area contributed by atoms with Gasteiger partial charge in [-0.05, 0) is 45.3 Å². The van der Waals surface area contributed by atoms with Crippen molar-refractivity contribution < 1.29 is 9.47 Å². The largest absolute Gasteiger partial charge is 0.490 e. The van der Waals surface area contributed by atoms with Crippen molar-refractivity contribution in [3.8, 4) is 11.5 Å². The SMILES string of the molecule is CCNCc1ccc(OCCN(C)C)c(OCC)c1. The molecule has 19 heavy (non-hydrogen) atoms. The minimum atomic E-state index is 0.648. The number of ether oxygens (including phenoxy) is 2. The fraction of sp³-hybridized carbons (Fsp3) is 0.600. The van der Waals surface area contributed by atoms with E-state index in [-0.39, 0.29) is 0 Å². The molecule has 1 aromatic carbocycles. The zero-order chi connectivity index (χ0) is 14.1. The third-order valence-electron chi connectivity index (χ3n) is 2.68. The average molecular weight is 266 g/mol. The highest BCUT2D eigenvalue weighted by atomic mass is 16.5. The van der Waals surface area contributed by atoms with Gasteiger partial charge in [-0.15, -0.1) is 0 Å². The van der Waals surface area contributed by atoms with E-state index in [0.29, 0.717) is 13.2 Å². The second-order valence-corrected chi connectivity index (χ2v) is 4.65. The van der Waals surface area contributed by atoms with Crippen LogP contribution in [-0.4, -0.2) is 45.3 Å². The summed E-state index contributed by atoms with van der Waals surface area (Å²) in [6.07, 6.45) is 0. The topological polar surface area (TPSA) is 33.7 Å². The summed E-state index contributed by atoms with van der Waals surface area (Å²) in [6, 6.07) is 6.13. The van der Waals surface area contributed by atoms with Crippen molar-refractivity contribution in [2.75, 3.05) is 40.4 Å². The second-order valence-electron chi connectivity index (χ2n) is 4.65. The first-order valence-electron chi connectivity index (χ1n) is 6.91. The summed E-state index contributed by atoms with van der Waals surface area (Å²) in [6.45, 7) is 8.11. The van der Waals surface area contributed by atoms with Crippen LogP contribution >= 0.6 is 0 Å². The molecule has 4 heteroatoms. The number of rotatable bonds is 9. The zero-order valence-corrected chi connectivity index (χ0v) is 12.5. The van der Waals surface area contributed by atoms with Crippen LogP contribution in [0.3, 0.4) is 0 Å². The molecule has 0 amide bonds. The van der Waals surface area contributed by atoms with E-state index in [0.717, 1.165) is 31.1 Å².